The third-order valence-corrected chi connectivity index (χ3v) is 2.74. The minimum Gasteiger partial charge on any atom is -0.398 e. The van der Waals surface area contributed by atoms with E-state index in [9.17, 15) is 4.79 Å². The van der Waals surface area contributed by atoms with Crippen molar-refractivity contribution in [1.82, 2.24) is 4.98 Å². The molecule has 1 aromatic carbocycles. The fourth-order valence-corrected chi connectivity index (χ4v) is 1.71. The van der Waals surface area contributed by atoms with Crippen LogP contribution in [0.4, 0.5) is 11.5 Å². The van der Waals surface area contributed by atoms with E-state index in [1.54, 1.807) is 31.4 Å². The Hall–Kier alpha value is -2.36. The summed E-state index contributed by atoms with van der Waals surface area (Å²) in [6.07, 6.45) is 1.65. The minimum absolute atomic E-state index is 0.161. The molecular formula is C14H15N3O. The summed E-state index contributed by atoms with van der Waals surface area (Å²) in [6, 6.07) is 10.8. The summed E-state index contributed by atoms with van der Waals surface area (Å²) >= 11 is 0. The molecule has 0 unspecified atom stereocenters. The lowest BCUT2D eigenvalue weighted by atomic mass is 10.1. The molecule has 1 heterocycles. The Balaban J connectivity index is 2.32. The van der Waals surface area contributed by atoms with Crippen LogP contribution in [-0.4, -0.2) is 17.9 Å². The number of benzene rings is 1. The summed E-state index contributed by atoms with van der Waals surface area (Å²) in [5.41, 5.74) is 7.89. The molecule has 0 atom stereocenters. The van der Waals surface area contributed by atoms with Crippen molar-refractivity contribution in [3.05, 3.63) is 53.7 Å². The van der Waals surface area contributed by atoms with E-state index in [1.807, 2.05) is 25.1 Å². The van der Waals surface area contributed by atoms with E-state index in [4.69, 9.17) is 5.73 Å². The molecule has 0 fully saturated rings. The molecule has 0 spiro atoms. The fourth-order valence-electron chi connectivity index (χ4n) is 1.71. The summed E-state index contributed by atoms with van der Waals surface area (Å²) in [5.74, 6) is 0.439. The molecule has 2 N–H and O–H groups in total. The topological polar surface area (TPSA) is 59.2 Å². The molecule has 2 rings (SSSR count). The zero-order valence-corrected chi connectivity index (χ0v) is 10.4. The normalized spacial score (nSPS) is 10.1. The van der Waals surface area contributed by atoms with Gasteiger partial charge in [0.2, 0.25) is 0 Å². The number of pyridine rings is 1. The number of hydrogen-bond donors (Lipinski definition) is 1. The number of nitrogen functional groups attached to an aromatic ring is 1. The first kappa shape index (κ1) is 12.1. The predicted octanol–water partition coefficient (Wildman–Crippen LogP) is 2.25. The summed E-state index contributed by atoms with van der Waals surface area (Å²) in [5, 5.41) is 0. The first-order valence-corrected chi connectivity index (χ1v) is 5.65. The third-order valence-electron chi connectivity index (χ3n) is 2.74. The average Bonchev–Trinajstić information content (AvgIpc) is 2.38. The van der Waals surface area contributed by atoms with Gasteiger partial charge < -0.3 is 5.73 Å². The smallest absolute Gasteiger partial charge is 0.261 e. The summed E-state index contributed by atoms with van der Waals surface area (Å²) < 4.78 is 0. The highest BCUT2D eigenvalue weighted by atomic mass is 16.2. The van der Waals surface area contributed by atoms with Crippen molar-refractivity contribution in [3.8, 4) is 0 Å². The Labute approximate surface area is 106 Å². The Morgan fingerprint density at radius 1 is 1.28 bits per heavy atom. The molecule has 1 amide bonds. The number of amides is 1. The van der Waals surface area contributed by atoms with Crippen molar-refractivity contribution < 1.29 is 4.79 Å². The van der Waals surface area contributed by atoms with E-state index in [1.165, 1.54) is 4.90 Å². The van der Waals surface area contributed by atoms with Crippen LogP contribution in [-0.2, 0) is 0 Å². The van der Waals surface area contributed by atoms with Crippen LogP contribution in [0.2, 0.25) is 0 Å². The Morgan fingerprint density at radius 3 is 2.67 bits per heavy atom. The minimum atomic E-state index is -0.161. The molecule has 4 nitrogen and oxygen atoms in total. The second kappa shape index (κ2) is 4.87. The van der Waals surface area contributed by atoms with Gasteiger partial charge in [-0.2, -0.15) is 0 Å². The van der Waals surface area contributed by atoms with Crippen molar-refractivity contribution in [2.24, 2.45) is 0 Å². The first-order valence-electron chi connectivity index (χ1n) is 5.65. The Bertz CT molecular complexity index is 567. The van der Waals surface area contributed by atoms with Gasteiger partial charge in [-0.05, 0) is 36.8 Å². The van der Waals surface area contributed by atoms with Crippen LogP contribution >= 0.6 is 0 Å². The molecule has 0 bridgehead atoms. The second-order valence-electron chi connectivity index (χ2n) is 4.14. The lowest BCUT2D eigenvalue weighted by Crippen LogP contribution is -2.27. The number of aryl methyl sites for hydroxylation is 1. The number of aromatic nitrogens is 1. The lowest BCUT2D eigenvalue weighted by Gasteiger charge is -2.17. The van der Waals surface area contributed by atoms with Crippen LogP contribution in [0.3, 0.4) is 0 Å². The molecule has 1 aromatic heterocycles. The van der Waals surface area contributed by atoms with Crippen LogP contribution in [0.1, 0.15) is 15.9 Å². The molecule has 2 aromatic rings. The van der Waals surface area contributed by atoms with E-state index in [0.717, 1.165) is 5.56 Å². The number of nitrogens with two attached hydrogens (primary N) is 1. The number of carbonyl (C=O) groups excluding carboxylic acids is 1. The number of rotatable bonds is 2. The highest BCUT2D eigenvalue weighted by molar-refractivity contribution is 6.08. The molecule has 92 valence electrons. The van der Waals surface area contributed by atoms with Crippen LogP contribution in [0.5, 0.6) is 0 Å². The maximum absolute atomic E-state index is 12.3. The predicted molar refractivity (Wildman–Crippen MR) is 72.6 cm³/mol. The van der Waals surface area contributed by atoms with E-state index >= 15 is 0 Å². The van der Waals surface area contributed by atoms with E-state index in [2.05, 4.69) is 4.98 Å². The summed E-state index contributed by atoms with van der Waals surface area (Å²) in [4.78, 5) is 17.9. The number of hydrogen-bond acceptors (Lipinski definition) is 3. The molecule has 0 saturated heterocycles. The molecule has 0 saturated carbocycles. The maximum atomic E-state index is 12.3. The van der Waals surface area contributed by atoms with Gasteiger partial charge in [0, 0.05) is 18.9 Å². The Kier molecular flexibility index (Phi) is 3.28. The SMILES string of the molecule is Cc1ccc(C(=O)N(C)c2ccccn2)c(N)c1. The van der Waals surface area contributed by atoms with Gasteiger partial charge in [-0.1, -0.05) is 12.1 Å². The zero-order chi connectivity index (χ0) is 13.1. The first-order chi connectivity index (χ1) is 8.59. The lowest BCUT2D eigenvalue weighted by molar-refractivity contribution is 0.0993. The van der Waals surface area contributed by atoms with E-state index in [0.29, 0.717) is 17.1 Å². The molecule has 0 aliphatic carbocycles. The molecular weight excluding hydrogens is 226 g/mol. The summed E-state index contributed by atoms with van der Waals surface area (Å²) in [7, 11) is 1.68. The van der Waals surface area contributed by atoms with Crippen LogP contribution in [0.15, 0.2) is 42.6 Å². The van der Waals surface area contributed by atoms with Crippen LogP contribution in [0, 0.1) is 6.92 Å². The molecule has 0 radical (unpaired) electrons. The van der Waals surface area contributed by atoms with Crippen molar-refractivity contribution in [2.75, 3.05) is 17.7 Å². The molecule has 0 aliphatic heterocycles. The van der Waals surface area contributed by atoms with Gasteiger partial charge in [-0.25, -0.2) is 4.98 Å². The van der Waals surface area contributed by atoms with Crippen molar-refractivity contribution >= 4 is 17.4 Å². The molecule has 4 heteroatoms. The fraction of sp³-hybridized carbons (Fsp3) is 0.143. The quantitative estimate of drug-likeness (QED) is 0.820. The largest absolute Gasteiger partial charge is 0.398 e. The van der Waals surface area contributed by atoms with Gasteiger partial charge in [0.15, 0.2) is 0 Å². The third kappa shape index (κ3) is 2.32. The highest BCUT2D eigenvalue weighted by Crippen LogP contribution is 2.18. The van der Waals surface area contributed by atoms with Gasteiger partial charge in [0.1, 0.15) is 5.82 Å². The van der Waals surface area contributed by atoms with Gasteiger partial charge in [0.05, 0.1) is 5.56 Å². The molecule has 0 aliphatic rings. The van der Waals surface area contributed by atoms with E-state index in [-0.39, 0.29) is 5.91 Å². The van der Waals surface area contributed by atoms with Gasteiger partial charge in [-0.15, -0.1) is 0 Å². The van der Waals surface area contributed by atoms with E-state index < -0.39 is 0 Å². The van der Waals surface area contributed by atoms with Gasteiger partial charge in [0.25, 0.3) is 5.91 Å². The van der Waals surface area contributed by atoms with Crippen LogP contribution < -0.4 is 10.6 Å². The van der Waals surface area contributed by atoms with Crippen molar-refractivity contribution in [2.45, 2.75) is 6.92 Å². The number of anilines is 2. The van der Waals surface area contributed by atoms with Gasteiger partial charge in [-0.3, -0.25) is 9.69 Å². The monoisotopic (exact) mass is 241 g/mol. The molecule has 18 heavy (non-hydrogen) atoms. The maximum Gasteiger partial charge on any atom is 0.261 e. The summed E-state index contributed by atoms with van der Waals surface area (Å²) in [6.45, 7) is 1.94. The standard InChI is InChI=1S/C14H15N3O/c1-10-6-7-11(12(15)9-10)14(18)17(2)13-5-3-4-8-16-13/h3-9H,15H2,1-2H3. The average molecular weight is 241 g/mol. The van der Waals surface area contributed by atoms with Crippen LogP contribution in [0.25, 0.3) is 0 Å². The highest BCUT2D eigenvalue weighted by Gasteiger charge is 2.16. The Morgan fingerprint density at radius 2 is 2.06 bits per heavy atom. The zero-order valence-electron chi connectivity index (χ0n) is 10.4. The number of carbonyl (C=O) groups is 1. The van der Waals surface area contributed by atoms with Gasteiger partial charge >= 0.3 is 0 Å². The second-order valence-corrected chi connectivity index (χ2v) is 4.14. The van der Waals surface area contributed by atoms with Crippen molar-refractivity contribution in [1.29, 1.82) is 0 Å². The van der Waals surface area contributed by atoms with Crippen molar-refractivity contribution in [3.63, 3.8) is 0 Å². The number of nitrogens with zero attached hydrogens (tertiary/aromatic N) is 2.